The van der Waals surface area contributed by atoms with Crippen LogP contribution < -0.4 is 19.5 Å². The van der Waals surface area contributed by atoms with Crippen LogP contribution in [0.4, 0.5) is 0 Å². The average Bonchev–Trinajstić information content (AvgIpc) is 2.60. The Kier molecular flexibility index (Phi) is 4.20. The van der Waals surface area contributed by atoms with Crippen LogP contribution in [0.5, 0.6) is 17.2 Å². The van der Waals surface area contributed by atoms with Crippen LogP contribution in [0.25, 0.3) is 0 Å². The van der Waals surface area contributed by atoms with E-state index < -0.39 is 0 Å². The van der Waals surface area contributed by atoms with Gasteiger partial charge in [-0.1, -0.05) is 6.07 Å². The number of ether oxygens (including phenoxy) is 3. The summed E-state index contributed by atoms with van der Waals surface area (Å²) in [7, 11) is 5.05. The Bertz CT molecular complexity index is 647. The van der Waals surface area contributed by atoms with Gasteiger partial charge >= 0.3 is 0 Å². The molecule has 0 saturated carbocycles. The largest absolute Gasteiger partial charge is 0.497 e. The molecule has 0 aromatic heterocycles. The Morgan fingerprint density at radius 3 is 2.18 bits per heavy atom. The van der Waals surface area contributed by atoms with E-state index in [4.69, 9.17) is 14.2 Å². The molecule has 1 heterocycles. The summed E-state index contributed by atoms with van der Waals surface area (Å²) < 4.78 is 16.1. The number of rotatable bonds is 4. The van der Waals surface area contributed by atoms with Gasteiger partial charge < -0.3 is 19.5 Å². The maximum Gasteiger partial charge on any atom is 0.122 e. The lowest BCUT2D eigenvalue weighted by Crippen LogP contribution is -2.30. The number of benzene rings is 2. The van der Waals surface area contributed by atoms with Gasteiger partial charge in [0.15, 0.2) is 0 Å². The number of hydrogen-bond donors (Lipinski definition) is 1. The van der Waals surface area contributed by atoms with Crippen molar-refractivity contribution in [2.75, 3.05) is 27.9 Å². The minimum absolute atomic E-state index is 0.138. The van der Waals surface area contributed by atoms with Gasteiger partial charge in [0, 0.05) is 12.6 Å². The molecule has 1 unspecified atom stereocenters. The number of fused-ring (bicyclic) bond motifs is 1. The fourth-order valence-electron chi connectivity index (χ4n) is 2.96. The highest BCUT2D eigenvalue weighted by Crippen LogP contribution is 2.34. The molecule has 4 nitrogen and oxygen atoms in total. The fourth-order valence-corrected chi connectivity index (χ4v) is 2.96. The van der Waals surface area contributed by atoms with Crippen molar-refractivity contribution in [3.8, 4) is 17.2 Å². The summed E-state index contributed by atoms with van der Waals surface area (Å²) in [5.74, 6) is 2.51. The van der Waals surface area contributed by atoms with Crippen LogP contribution in [-0.2, 0) is 6.42 Å². The summed E-state index contributed by atoms with van der Waals surface area (Å²) >= 11 is 0. The van der Waals surface area contributed by atoms with E-state index in [0.29, 0.717) is 0 Å². The molecule has 0 saturated heterocycles. The van der Waals surface area contributed by atoms with Gasteiger partial charge in [-0.25, -0.2) is 0 Å². The third kappa shape index (κ3) is 2.74. The van der Waals surface area contributed by atoms with Gasteiger partial charge in [-0.2, -0.15) is 0 Å². The molecule has 1 N–H and O–H groups in total. The first-order chi connectivity index (χ1) is 10.7. The molecule has 1 aliphatic rings. The molecule has 1 aliphatic heterocycles. The molecule has 0 radical (unpaired) electrons. The minimum Gasteiger partial charge on any atom is -0.497 e. The van der Waals surface area contributed by atoms with Crippen molar-refractivity contribution in [2.45, 2.75) is 12.5 Å². The Morgan fingerprint density at radius 1 is 0.864 bits per heavy atom. The van der Waals surface area contributed by atoms with Crippen LogP contribution in [-0.4, -0.2) is 27.9 Å². The Balaban J connectivity index is 2.03. The summed E-state index contributed by atoms with van der Waals surface area (Å²) in [6, 6.07) is 12.4. The number of hydrogen-bond acceptors (Lipinski definition) is 4. The van der Waals surface area contributed by atoms with E-state index in [1.54, 1.807) is 21.3 Å². The molecule has 1 atom stereocenters. The monoisotopic (exact) mass is 299 g/mol. The van der Waals surface area contributed by atoms with Gasteiger partial charge in [0.25, 0.3) is 0 Å². The van der Waals surface area contributed by atoms with Crippen LogP contribution in [0.2, 0.25) is 0 Å². The van der Waals surface area contributed by atoms with E-state index in [1.807, 2.05) is 12.1 Å². The fraction of sp³-hybridized carbons (Fsp3) is 0.333. The van der Waals surface area contributed by atoms with Gasteiger partial charge in [0.2, 0.25) is 0 Å². The van der Waals surface area contributed by atoms with Gasteiger partial charge in [0.1, 0.15) is 17.2 Å². The molecule has 0 spiro atoms. The second kappa shape index (κ2) is 6.28. The first-order valence-corrected chi connectivity index (χ1v) is 7.38. The number of nitrogens with one attached hydrogen (secondary N) is 1. The normalized spacial score (nSPS) is 16.8. The van der Waals surface area contributed by atoms with Crippen molar-refractivity contribution in [3.05, 3.63) is 53.1 Å². The molecule has 4 heteroatoms. The van der Waals surface area contributed by atoms with E-state index in [9.17, 15) is 0 Å². The topological polar surface area (TPSA) is 39.7 Å². The summed E-state index contributed by atoms with van der Waals surface area (Å²) in [6.07, 6.45) is 1.00. The standard InChI is InChI=1S/C18H21NO3/c1-20-14-4-5-17-12(8-14)6-7-19-18(17)13-9-15(21-2)11-16(10-13)22-3/h4-5,8-11,18-19H,6-7H2,1-3H3. The van der Waals surface area contributed by atoms with Crippen LogP contribution in [0, 0.1) is 0 Å². The highest BCUT2D eigenvalue weighted by molar-refractivity contribution is 5.47. The van der Waals surface area contributed by atoms with Crippen LogP contribution in [0.3, 0.4) is 0 Å². The van der Waals surface area contributed by atoms with E-state index in [2.05, 4.69) is 29.6 Å². The second-order valence-corrected chi connectivity index (χ2v) is 5.35. The molecule has 2 aromatic rings. The second-order valence-electron chi connectivity index (χ2n) is 5.35. The SMILES string of the molecule is COc1cc(OC)cc(C2NCCc3cc(OC)ccc32)c1. The van der Waals surface area contributed by atoms with Crippen molar-refractivity contribution in [2.24, 2.45) is 0 Å². The van der Waals surface area contributed by atoms with Crippen molar-refractivity contribution >= 4 is 0 Å². The molecule has 0 fully saturated rings. The van der Waals surface area contributed by atoms with E-state index in [1.165, 1.54) is 11.1 Å². The molecule has 2 aromatic carbocycles. The maximum atomic E-state index is 5.38. The average molecular weight is 299 g/mol. The quantitative estimate of drug-likeness (QED) is 0.942. The van der Waals surface area contributed by atoms with Crippen molar-refractivity contribution in [1.29, 1.82) is 0 Å². The Labute approximate surface area is 131 Å². The summed E-state index contributed by atoms with van der Waals surface area (Å²) in [5.41, 5.74) is 3.74. The molecule has 0 aliphatic carbocycles. The smallest absolute Gasteiger partial charge is 0.122 e. The first kappa shape index (κ1) is 14.7. The maximum absolute atomic E-state index is 5.38. The molecule has 3 rings (SSSR count). The van der Waals surface area contributed by atoms with E-state index in [0.717, 1.165) is 35.8 Å². The summed E-state index contributed by atoms with van der Waals surface area (Å²) in [5, 5.41) is 3.58. The predicted molar refractivity (Wildman–Crippen MR) is 86.1 cm³/mol. The number of methoxy groups -OCH3 is 3. The Hall–Kier alpha value is -2.20. The lowest BCUT2D eigenvalue weighted by Gasteiger charge is -2.28. The summed E-state index contributed by atoms with van der Waals surface area (Å²) in [4.78, 5) is 0. The zero-order valence-electron chi connectivity index (χ0n) is 13.2. The van der Waals surface area contributed by atoms with Crippen molar-refractivity contribution in [1.82, 2.24) is 5.32 Å². The first-order valence-electron chi connectivity index (χ1n) is 7.38. The van der Waals surface area contributed by atoms with Crippen molar-refractivity contribution in [3.63, 3.8) is 0 Å². The van der Waals surface area contributed by atoms with Crippen LogP contribution in [0.1, 0.15) is 22.7 Å². The third-order valence-corrected chi connectivity index (χ3v) is 4.11. The Morgan fingerprint density at radius 2 is 1.55 bits per heavy atom. The lowest BCUT2D eigenvalue weighted by molar-refractivity contribution is 0.392. The van der Waals surface area contributed by atoms with Gasteiger partial charge in [-0.15, -0.1) is 0 Å². The lowest BCUT2D eigenvalue weighted by atomic mass is 9.89. The zero-order valence-corrected chi connectivity index (χ0v) is 13.2. The van der Waals surface area contributed by atoms with E-state index in [-0.39, 0.29) is 6.04 Å². The summed E-state index contributed by atoms with van der Waals surface area (Å²) in [6.45, 7) is 0.935. The highest BCUT2D eigenvalue weighted by atomic mass is 16.5. The van der Waals surface area contributed by atoms with Crippen LogP contribution >= 0.6 is 0 Å². The molecular weight excluding hydrogens is 278 g/mol. The zero-order chi connectivity index (χ0) is 15.5. The van der Waals surface area contributed by atoms with Gasteiger partial charge in [-0.05, 0) is 47.4 Å². The van der Waals surface area contributed by atoms with Gasteiger partial charge in [0.05, 0.1) is 27.4 Å². The van der Waals surface area contributed by atoms with Crippen molar-refractivity contribution < 1.29 is 14.2 Å². The molecular formula is C18H21NO3. The molecule has 0 bridgehead atoms. The molecule has 0 amide bonds. The highest BCUT2D eigenvalue weighted by Gasteiger charge is 2.22. The van der Waals surface area contributed by atoms with E-state index >= 15 is 0 Å². The van der Waals surface area contributed by atoms with Crippen LogP contribution in [0.15, 0.2) is 36.4 Å². The van der Waals surface area contributed by atoms with Gasteiger partial charge in [-0.3, -0.25) is 0 Å². The molecule has 22 heavy (non-hydrogen) atoms. The predicted octanol–water partition coefficient (Wildman–Crippen LogP) is 2.95. The third-order valence-electron chi connectivity index (χ3n) is 4.11. The minimum atomic E-state index is 0.138. The molecule has 116 valence electrons.